The molecular formula is C10H9ClN4. The molecule has 2 rings (SSSR count). The second-order valence-corrected chi connectivity index (χ2v) is 3.56. The Balaban J connectivity index is 2.49. The predicted molar refractivity (Wildman–Crippen MR) is 59.4 cm³/mol. The summed E-state index contributed by atoms with van der Waals surface area (Å²) >= 11 is 5.73. The molecular weight excluding hydrogens is 212 g/mol. The van der Waals surface area contributed by atoms with Crippen molar-refractivity contribution in [1.29, 1.82) is 0 Å². The fraction of sp³-hybridized carbons (Fsp3) is 0.100. The number of pyridine rings is 1. The van der Waals surface area contributed by atoms with Gasteiger partial charge in [0.2, 0.25) is 0 Å². The number of halogens is 1. The van der Waals surface area contributed by atoms with Crippen LogP contribution in [0.25, 0.3) is 11.5 Å². The van der Waals surface area contributed by atoms with E-state index in [0.717, 1.165) is 5.69 Å². The van der Waals surface area contributed by atoms with Crippen LogP contribution in [0, 0.1) is 6.92 Å². The average molecular weight is 221 g/mol. The molecule has 0 saturated heterocycles. The van der Waals surface area contributed by atoms with Gasteiger partial charge in [0.15, 0.2) is 5.82 Å². The zero-order valence-corrected chi connectivity index (χ0v) is 8.86. The van der Waals surface area contributed by atoms with E-state index in [2.05, 4.69) is 15.0 Å². The van der Waals surface area contributed by atoms with Crippen molar-refractivity contribution in [2.45, 2.75) is 6.92 Å². The zero-order chi connectivity index (χ0) is 10.8. The standard InChI is InChI=1S/C10H9ClN4/c1-6-4-9(12)15-10(14-6)8-3-2-7(11)5-13-8/h2-5H,1H3,(H2,12,14,15). The summed E-state index contributed by atoms with van der Waals surface area (Å²) in [6, 6.07) is 5.21. The van der Waals surface area contributed by atoms with Crippen molar-refractivity contribution in [3.05, 3.63) is 35.1 Å². The molecule has 0 amide bonds. The lowest BCUT2D eigenvalue weighted by Gasteiger charge is -2.01. The maximum atomic E-state index is 5.73. The number of hydrogen-bond donors (Lipinski definition) is 1. The van der Waals surface area contributed by atoms with Crippen LogP contribution in [0.5, 0.6) is 0 Å². The number of nitrogens with two attached hydrogens (primary N) is 1. The number of anilines is 1. The minimum atomic E-state index is 0.439. The van der Waals surface area contributed by atoms with Gasteiger partial charge in [-0.3, -0.25) is 4.98 Å². The number of nitrogens with zero attached hydrogens (tertiary/aromatic N) is 3. The molecule has 5 heteroatoms. The molecule has 0 aliphatic heterocycles. The van der Waals surface area contributed by atoms with E-state index in [4.69, 9.17) is 17.3 Å². The Morgan fingerprint density at radius 2 is 2.07 bits per heavy atom. The third-order valence-corrected chi connectivity index (χ3v) is 2.05. The number of aryl methyl sites for hydroxylation is 1. The third-order valence-electron chi connectivity index (χ3n) is 1.83. The van der Waals surface area contributed by atoms with Crippen molar-refractivity contribution in [2.24, 2.45) is 0 Å². The van der Waals surface area contributed by atoms with Crippen molar-refractivity contribution in [2.75, 3.05) is 5.73 Å². The summed E-state index contributed by atoms with van der Waals surface area (Å²) in [5.41, 5.74) is 7.10. The van der Waals surface area contributed by atoms with Crippen LogP contribution in [-0.4, -0.2) is 15.0 Å². The van der Waals surface area contributed by atoms with E-state index in [9.17, 15) is 0 Å². The van der Waals surface area contributed by atoms with E-state index in [1.165, 1.54) is 0 Å². The Morgan fingerprint density at radius 3 is 2.67 bits per heavy atom. The Morgan fingerprint density at radius 1 is 1.27 bits per heavy atom. The summed E-state index contributed by atoms with van der Waals surface area (Å²) in [4.78, 5) is 12.5. The van der Waals surface area contributed by atoms with Crippen LogP contribution in [0.1, 0.15) is 5.69 Å². The first-order chi connectivity index (χ1) is 7.15. The van der Waals surface area contributed by atoms with Gasteiger partial charge in [-0.05, 0) is 19.1 Å². The first-order valence-corrected chi connectivity index (χ1v) is 4.76. The number of nitrogen functional groups attached to an aromatic ring is 1. The summed E-state index contributed by atoms with van der Waals surface area (Å²) in [6.07, 6.45) is 1.55. The Labute approximate surface area is 92.2 Å². The maximum absolute atomic E-state index is 5.73. The monoisotopic (exact) mass is 220 g/mol. The fourth-order valence-corrected chi connectivity index (χ4v) is 1.33. The molecule has 0 spiro atoms. The molecule has 2 aromatic rings. The molecule has 2 heterocycles. The van der Waals surface area contributed by atoms with Crippen LogP contribution in [0.15, 0.2) is 24.4 Å². The van der Waals surface area contributed by atoms with E-state index in [1.807, 2.05) is 6.92 Å². The van der Waals surface area contributed by atoms with Crippen molar-refractivity contribution < 1.29 is 0 Å². The summed E-state index contributed by atoms with van der Waals surface area (Å²) < 4.78 is 0. The van der Waals surface area contributed by atoms with Gasteiger partial charge in [0.05, 0.1) is 5.02 Å². The number of aromatic nitrogens is 3. The first kappa shape index (κ1) is 9.86. The van der Waals surface area contributed by atoms with Gasteiger partial charge in [-0.25, -0.2) is 9.97 Å². The van der Waals surface area contributed by atoms with E-state index in [-0.39, 0.29) is 0 Å². The van der Waals surface area contributed by atoms with Crippen molar-refractivity contribution in [3.8, 4) is 11.5 Å². The fourth-order valence-electron chi connectivity index (χ4n) is 1.22. The molecule has 0 fully saturated rings. The lowest BCUT2D eigenvalue weighted by molar-refractivity contribution is 1.10. The van der Waals surface area contributed by atoms with Crippen LogP contribution in [-0.2, 0) is 0 Å². The Bertz CT molecular complexity index is 461. The largest absolute Gasteiger partial charge is 0.384 e. The number of hydrogen-bond acceptors (Lipinski definition) is 4. The number of rotatable bonds is 1. The molecule has 0 saturated carbocycles. The minimum absolute atomic E-state index is 0.439. The summed E-state index contributed by atoms with van der Waals surface area (Å²) in [5.74, 6) is 0.957. The molecule has 0 aliphatic rings. The van der Waals surface area contributed by atoms with Crippen molar-refractivity contribution in [3.63, 3.8) is 0 Å². The first-order valence-electron chi connectivity index (χ1n) is 4.38. The van der Waals surface area contributed by atoms with E-state index >= 15 is 0 Å². The quantitative estimate of drug-likeness (QED) is 0.799. The summed E-state index contributed by atoms with van der Waals surface area (Å²) in [6.45, 7) is 1.86. The van der Waals surface area contributed by atoms with Crippen LogP contribution in [0.2, 0.25) is 5.02 Å². The SMILES string of the molecule is Cc1cc(N)nc(-c2ccc(Cl)cn2)n1. The summed E-state index contributed by atoms with van der Waals surface area (Å²) in [7, 11) is 0. The highest BCUT2D eigenvalue weighted by molar-refractivity contribution is 6.30. The molecule has 0 bridgehead atoms. The van der Waals surface area contributed by atoms with Crippen LogP contribution >= 0.6 is 11.6 Å². The lowest BCUT2D eigenvalue weighted by atomic mass is 10.3. The van der Waals surface area contributed by atoms with Gasteiger partial charge in [0.1, 0.15) is 11.5 Å². The van der Waals surface area contributed by atoms with E-state index in [1.54, 1.807) is 24.4 Å². The molecule has 0 aliphatic carbocycles. The van der Waals surface area contributed by atoms with Gasteiger partial charge < -0.3 is 5.73 Å². The zero-order valence-electron chi connectivity index (χ0n) is 8.11. The Kier molecular flexibility index (Phi) is 2.51. The van der Waals surface area contributed by atoms with Gasteiger partial charge in [-0.15, -0.1) is 0 Å². The van der Waals surface area contributed by atoms with Crippen molar-refractivity contribution in [1.82, 2.24) is 15.0 Å². The highest BCUT2D eigenvalue weighted by Gasteiger charge is 2.04. The molecule has 0 unspecified atom stereocenters. The predicted octanol–water partition coefficient (Wildman–Crippen LogP) is 2.08. The van der Waals surface area contributed by atoms with Crippen LogP contribution in [0.4, 0.5) is 5.82 Å². The molecule has 0 aromatic carbocycles. The van der Waals surface area contributed by atoms with Gasteiger partial charge >= 0.3 is 0 Å². The van der Waals surface area contributed by atoms with Crippen LogP contribution in [0.3, 0.4) is 0 Å². The lowest BCUT2D eigenvalue weighted by Crippen LogP contribution is -1.98. The molecule has 76 valence electrons. The van der Waals surface area contributed by atoms with Gasteiger partial charge in [0, 0.05) is 18.0 Å². The minimum Gasteiger partial charge on any atom is -0.384 e. The smallest absolute Gasteiger partial charge is 0.180 e. The molecule has 0 atom stereocenters. The van der Waals surface area contributed by atoms with Crippen LogP contribution < -0.4 is 5.73 Å². The summed E-state index contributed by atoms with van der Waals surface area (Å²) in [5, 5.41) is 0.583. The average Bonchev–Trinajstić information content (AvgIpc) is 2.17. The van der Waals surface area contributed by atoms with E-state index < -0.39 is 0 Å². The molecule has 2 aromatic heterocycles. The maximum Gasteiger partial charge on any atom is 0.180 e. The van der Waals surface area contributed by atoms with Gasteiger partial charge in [-0.1, -0.05) is 11.6 Å². The van der Waals surface area contributed by atoms with Gasteiger partial charge in [0.25, 0.3) is 0 Å². The Hall–Kier alpha value is -1.68. The second kappa shape index (κ2) is 3.82. The highest BCUT2D eigenvalue weighted by Crippen LogP contribution is 2.16. The highest BCUT2D eigenvalue weighted by atomic mass is 35.5. The van der Waals surface area contributed by atoms with Crippen molar-refractivity contribution >= 4 is 17.4 Å². The van der Waals surface area contributed by atoms with Gasteiger partial charge in [-0.2, -0.15) is 0 Å². The van der Waals surface area contributed by atoms with E-state index in [0.29, 0.717) is 22.4 Å². The normalized spacial score (nSPS) is 10.3. The molecule has 0 radical (unpaired) electrons. The molecule has 4 nitrogen and oxygen atoms in total. The topological polar surface area (TPSA) is 64.7 Å². The molecule has 2 N–H and O–H groups in total. The second-order valence-electron chi connectivity index (χ2n) is 3.12. The third kappa shape index (κ3) is 2.22. The molecule has 15 heavy (non-hydrogen) atoms.